The van der Waals surface area contributed by atoms with Gasteiger partial charge in [0.15, 0.2) is 0 Å². The molecule has 3 rings (SSSR count). The molecule has 6 heteroatoms. The largest absolute Gasteiger partial charge is 0.343 e. The predicted octanol–water partition coefficient (Wildman–Crippen LogP) is 1.96. The van der Waals surface area contributed by atoms with Gasteiger partial charge >= 0.3 is 6.03 Å². The highest BCUT2D eigenvalue weighted by atomic mass is 16.2. The van der Waals surface area contributed by atoms with E-state index in [1.807, 2.05) is 34.9 Å². The molecule has 6 nitrogen and oxygen atoms in total. The molecule has 2 aliphatic rings. The SMILES string of the molecule is CCN1CC[C@@]2(CCC1=O)CN(C(=O)NCCc1ccccc1)CCN2C. The lowest BCUT2D eigenvalue weighted by atomic mass is 9.86. The van der Waals surface area contributed by atoms with E-state index in [1.54, 1.807) is 0 Å². The van der Waals surface area contributed by atoms with E-state index in [2.05, 4.69) is 29.4 Å². The van der Waals surface area contributed by atoms with E-state index in [0.717, 1.165) is 45.4 Å². The summed E-state index contributed by atoms with van der Waals surface area (Å²) < 4.78 is 0. The fourth-order valence-corrected chi connectivity index (χ4v) is 4.27. The molecule has 0 unspecified atom stereocenters. The monoisotopic (exact) mass is 372 g/mol. The smallest absolute Gasteiger partial charge is 0.317 e. The molecule has 2 heterocycles. The summed E-state index contributed by atoms with van der Waals surface area (Å²) in [5, 5.41) is 3.07. The van der Waals surface area contributed by atoms with Gasteiger partial charge in [-0.05, 0) is 38.8 Å². The van der Waals surface area contributed by atoms with Crippen LogP contribution >= 0.6 is 0 Å². The van der Waals surface area contributed by atoms with Crippen LogP contribution in [-0.4, -0.2) is 78.5 Å². The van der Waals surface area contributed by atoms with Crippen LogP contribution in [0, 0.1) is 0 Å². The molecule has 1 aromatic carbocycles. The van der Waals surface area contributed by atoms with Crippen LogP contribution < -0.4 is 5.32 Å². The van der Waals surface area contributed by atoms with Gasteiger partial charge in [-0.15, -0.1) is 0 Å². The van der Waals surface area contributed by atoms with Crippen molar-refractivity contribution < 1.29 is 9.59 Å². The van der Waals surface area contributed by atoms with Crippen molar-refractivity contribution in [1.82, 2.24) is 20.0 Å². The van der Waals surface area contributed by atoms with Gasteiger partial charge in [-0.25, -0.2) is 4.79 Å². The normalized spacial score (nSPS) is 24.1. The van der Waals surface area contributed by atoms with E-state index in [4.69, 9.17) is 0 Å². The Kier molecular flexibility index (Phi) is 6.37. The van der Waals surface area contributed by atoms with Crippen LogP contribution in [-0.2, 0) is 11.2 Å². The second-order valence-electron chi connectivity index (χ2n) is 7.76. The van der Waals surface area contributed by atoms with Crippen molar-refractivity contribution >= 4 is 11.9 Å². The molecule has 0 saturated carbocycles. The van der Waals surface area contributed by atoms with E-state index in [-0.39, 0.29) is 17.5 Å². The number of benzene rings is 1. The lowest BCUT2D eigenvalue weighted by Gasteiger charge is -2.49. The van der Waals surface area contributed by atoms with Crippen molar-refractivity contribution in [2.24, 2.45) is 0 Å². The van der Waals surface area contributed by atoms with Crippen LogP contribution in [0.15, 0.2) is 30.3 Å². The Bertz CT molecular complexity index is 651. The highest BCUT2D eigenvalue weighted by Crippen LogP contribution is 2.32. The molecule has 1 aromatic rings. The minimum absolute atomic E-state index is 0.0151. The molecular formula is C21H32N4O2. The van der Waals surface area contributed by atoms with Gasteiger partial charge in [0.05, 0.1) is 0 Å². The number of carbonyl (C=O) groups is 2. The minimum Gasteiger partial charge on any atom is -0.343 e. The standard InChI is InChI=1S/C21H32N4O2/c1-3-24-14-12-21(11-9-19(24)26)17-25(16-15-23(21)2)20(27)22-13-10-18-7-5-4-6-8-18/h4-8H,3,9-17H2,1-2H3,(H,22,27)/t21-/m0/s1. The summed E-state index contributed by atoms with van der Waals surface area (Å²) in [6.07, 6.45) is 3.16. The Balaban J connectivity index is 1.57. The number of urea groups is 1. The molecule has 1 spiro atoms. The fraction of sp³-hybridized carbons (Fsp3) is 0.619. The first-order valence-electron chi connectivity index (χ1n) is 10.1. The summed E-state index contributed by atoms with van der Waals surface area (Å²) in [6.45, 7) is 6.52. The van der Waals surface area contributed by atoms with Gasteiger partial charge < -0.3 is 15.1 Å². The van der Waals surface area contributed by atoms with E-state index < -0.39 is 0 Å². The van der Waals surface area contributed by atoms with Crippen molar-refractivity contribution in [3.8, 4) is 0 Å². The van der Waals surface area contributed by atoms with Crippen LogP contribution in [0.4, 0.5) is 4.79 Å². The average Bonchev–Trinajstić information content (AvgIpc) is 2.84. The molecule has 0 radical (unpaired) electrons. The molecule has 2 fully saturated rings. The Morgan fingerprint density at radius 1 is 1.15 bits per heavy atom. The highest BCUT2D eigenvalue weighted by molar-refractivity contribution is 5.77. The third kappa shape index (κ3) is 4.61. The average molecular weight is 373 g/mol. The fourth-order valence-electron chi connectivity index (χ4n) is 4.27. The quantitative estimate of drug-likeness (QED) is 0.879. The molecular weight excluding hydrogens is 340 g/mol. The summed E-state index contributed by atoms with van der Waals surface area (Å²) in [4.78, 5) is 31.3. The molecule has 0 aromatic heterocycles. The van der Waals surface area contributed by atoms with Gasteiger partial charge in [0.1, 0.15) is 0 Å². The van der Waals surface area contributed by atoms with Crippen molar-refractivity contribution in [2.45, 2.75) is 38.1 Å². The molecule has 1 atom stereocenters. The Morgan fingerprint density at radius 2 is 1.93 bits per heavy atom. The zero-order valence-corrected chi connectivity index (χ0v) is 16.6. The molecule has 3 amide bonds. The van der Waals surface area contributed by atoms with Crippen LogP contribution in [0.2, 0.25) is 0 Å². The highest BCUT2D eigenvalue weighted by Gasteiger charge is 2.43. The Morgan fingerprint density at radius 3 is 2.67 bits per heavy atom. The molecule has 2 aliphatic heterocycles. The third-order valence-corrected chi connectivity index (χ3v) is 6.21. The number of piperazine rings is 1. The summed E-state index contributed by atoms with van der Waals surface area (Å²) in [5.41, 5.74) is 1.14. The maximum Gasteiger partial charge on any atom is 0.317 e. The second kappa shape index (κ2) is 8.74. The number of carbonyl (C=O) groups excluding carboxylic acids is 2. The number of likely N-dealkylation sites (tertiary alicyclic amines) is 1. The first kappa shape index (κ1) is 19.7. The van der Waals surface area contributed by atoms with Gasteiger partial charge in [-0.1, -0.05) is 30.3 Å². The number of hydrogen-bond donors (Lipinski definition) is 1. The lowest BCUT2D eigenvalue weighted by Crippen LogP contribution is -2.63. The zero-order valence-electron chi connectivity index (χ0n) is 16.6. The van der Waals surface area contributed by atoms with Crippen LogP contribution in [0.3, 0.4) is 0 Å². The number of hydrogen-bond acceptors (Lipinski definition) is 3. The summed E-state index contributed by atoms with van der Waals surface area (Å²) in [6, 6.07) is 10.2. The van der Waals surface area contributed by atoms with Crippen molar-refractivity contribution in [3.05, 3.63) is 35.9 Å². The number of likely N-dealkylation sites (N-methyl/N-ethyl adjacent to an activating group) is 1. The van der Waals surface area contributed by atoms with Gasteiger partial charge in [-0.3, -0.25) is 9.69 Å². The molecule has 0 bridgehead atoms. The van der Waals surface area contributed by atoms with Crippen molar-refractivity contribution in [2.75, 3.05) is 46.3 Å². The second-order valence-corrected chi connectivity index (χ2v) is 7.76. The Hall–Kier alpha value is -2.08. The summed E-state index contributed by atoms with van der Waals surface area (Å²) in [7, 11) is 2.14. The van der Waals surface area contributed by atoms with Crippen LogP contribution in [0.1, 0.15) is 31.7 Å². The number of nitrogens with one attached hydrogen (secondary N) is 1. The molecule has 1 N–H and O–H groups in total. The molecule has 148 valence electrons. The topological polar surface area (TPSA) is 55.9 Å². The van der Waals surface area contributed by atoms with Gasteiger partial charge in [0.2, 0.25) is 5.91 Å². The van der Waals surface area contributed by atoms with Gasteiger partial charge in [0, 0.05) is 51.2 Å². The van der Waals surface area contributed by atoms with Crippen LogP contribution in [0.25, 0.3) is 0 Å². The maximum atomic E-state index is 12.7. The minimum atomic E-state index is -0.0887. The molecule has 2 saturated heterocycles. The first-order valence-corrected chi connectivity index (χ1v) is 10.1. The van der Waals surface area contributed by atoms with Crippen molar-refractivity contribution in [3.63, 3.8) is 0 Å². The van der Waals surface area contributed by atoms with Gasteiger partial charge in [0.25, 0.3) is 0 Å². The number of amides is 3. The van der Waals surface area contributed by atoms with E-state index in [1.165, 1.54) is 5.56 Å². The first-order chi connectivity index (χ1) is 13.0. The summed E-state index contributed by atoms with van der Waals surface area (Å²) >= 11 is 0. The number of rotatable bonds is 4. The van der Waals surface area contributed by atoms with Gasteiger partial charge in [-0.2, -0.15) is 0 Å². The maximum absolute atomic E-state index is 12.7. The predicted molar refractivity (Wildman–Crippen MR) is 107 cm³/mol. The molecule has 27 heavy (non-hydrogen) atoms. The number of nitrogens with zero attached hydrogens (tertiary/aromatic N) is 3. The van der Waals surface area contributed by atoms with E-state index in [9.17, 15) is 9.59 Å². The Labute approximate surface area is 162 Å². The van der Waals surface area contributed by atoms with E-state index in [0.29, 0.717) is 19.5 Å². The van der Waals surface area contributed by atoms with Crippen molar-refractivity contribution in [1.29, 1.82) is 0 Å². The zero-order chi connectivity index (χ0) is 19.3. The summed E-state index contributed by atoms with van der Waals surface area (Å²) in [5.74, 6) is 0.243. The lowest BCUT2D eigenvalue weighted by molar-refractivity contribution is -0.130. The van der Waals surface area contributed by atoms with Crippen LogP contribution in [0.5, 0.6) is 0 Å². The van der Waals surface area contributed by atoms with E-state index >= 15 is 0 Å². The molecule has 0 aliphatic carbocycles. The third-order valence-electron chi connectivity index (χ3n) is 6.21.